The summed E-state index contributed by atoms with van der Waals surface area (Å²) in [5.74, 6) is 0.961. The van der Waals surface area contributed by atoms with Gasteiger partial charge in [0.1, 0.15) is 5.75 Å². The summed E-state index contributed by atoms with van der Waals surface area (Å²) < 4.78 is 6.62. The highest BCUT2D eigenvalue weighted by Gasteiger charge is 2.05. The van der Waals surface area contributed by atoms with Crippen molar-refractivity contribution in [2.75, 3.05) is 13.7 Å². The Morgan fingerprint density at radius 2 is 2.27 bits per heavy atom. The molecule has 0 spiro atoms. The molecule has 0 saturated heterocycles. The van der Waals surface area contributed by atoms with Gasteiger partial charge in [-0.1, -0.05) is 6.07 Å². The Morgan fingerprint density at radius 3 is 3.00 bits per heavy atom. The average molecular weight is 221 g/mol. The van der Waals surface area contributed by atoms with E-state index < -0.39 is 0 Å². The summed E-state index contributed by atoms with van der Waals surface area (Å²) in [7, 11) is 1.71. The van der Waals surface area contributed by atoms with Gasteiger partial charge in [-0.05, 0) is 37.6 Å². The number of aryl methyl sites for hydroxylation is 1. The second-order valence-electron chi connectivity index (χ2n) is 3.48. The van der Waals surface area contributed by atoms with Crippen molar-refractivity contribution in [1.29, 1.82) is 0 Å². The molecule has 0 aliphatic rings. The first kappa shape index (κ1) is 10.5. The van der Waals surface area contributed by atoms with Crippen molar-refractivity contribution in [3.05, 3.63) is 29.1 Å². The molecule has 2 aromatic rings. The summed E-state index contributed by atoms with van der Waals surface area (Å²) in [5.41, 5.74) is 5.51. The van der Waals surface area contributed by atoms with Crippen LogP contribution in [0.4, 0.5) is 0 Å². The lowest BCUT2D eigenvalue weighted by atomic mass is 10.2. The number of thiophene rings is 1. The molecule has 1 heterocycles. The smallest absolute Gasteiger partial charge is 0.127 e. The van der Waals surface area contributed by atoms with Crippen LogP contribution in [0.25, 0.3) is 10.1 Å². The van der Waals surface area contributed by atoms with Gasteiger partial charge >= 0.3 is 0 Å². The predicted molar refractivity (Wildman–Crippen MR) is 65.8 cm³/mol. The first-order chi connectivity index (χ1) is 7.35. The van der Waals surface area contributed by atoms with Crippen LogP contribution in [0.1, 0.15) is 11.3 Å². The summed E-state index contributed by atoms with van der Waals surface area (Å²) in [6.07, 6.45) is 2.12. The Labute approximate surface area is 93.7 Å². The van der Waals surface area contributed by atoms with Crippen LogP contribution in [0.2, 0.25) is 0 Å². The van der Waals surface area contributed by atoms with Gasteiger partial charge in [0.2, 0.25) is 0 Å². The van der Waals surface area contributed by atoms with Gasteiger partial charge in [0.25, 0.3) is 0 Å². The van der Waals surface area contributed by atoms with Crippen molar-refractivity contribution < 1.29 is 4.74 Å². The molecular formula is C12H15NOS. The Kier molecular flexibility index (Phi) is 3.23. The van der Waals surface area contributed by atoms with Gasteiger partial charge in [0.15, 0.2) is 0 Å². The summed E-state index contributed by atoms with van der Waals surface area (Å²) >= 11 is 1.83. The van der Waals surface area contributed by atoms with E-state index in [2.05, 4.69) is 12.1 Å². The lowest BCUT2D eigenvalue weighted by molar-refractivity contribution is 0.420. The molecular weight excluding hydrogens is 206 g/mol. The second kappa shape index (κ2) is 4.64. The standard InChI is InChI=1S/C12H15NOS/c1-14-11-5-2-6-12-10(11)8-9(15-12)4-3-7-13/h2,5-6,8H,3-4,7,13H2,1H3. The molecule has 0 fully saturated rings. The van der Waals surface area contributed by atoms with Gasteiger partial charge in [-0.2, -0.15) is 0 Å². The van der Waals surface area contributed by atoms with E-state index in [1.165, 1.54) is 15.0 Å². The van der Waals surface area contributed by atoms with Gasteiger partial charge in [-0.15, -0.1) is 11.3 Å². The van der Waals surface area contributed by atoms with E-state index in [1.54, 1.807) is 7.11 Å². The van der Waals surface area contributed by atoms with Crippen LogP contribution >= 0.6 is 11.3 Å². The first-order valence-corrected chi connectivity index (χ1v) is 5.92. The molecule has 2 rings (SSSR count). The fraction of sp³-hybridized carbons (Fsp3) is 0.333. The van der Waals surface area contributed by atoms with Crippen LogP contribution < -0.4 is 10.5 Å². The van der Waals surface area contributed by atoms with E-state index >= 15 is 0 Å². The van der Waals surface area contributed by atoms with E-state index in [4.69, 9.17) is 10.5 Å². The third kappa shape index (κ3) is 2.13. The van der Waals surface area contributed by atoms with Gasteiger partial charge in [-0.3, -0.25) is 0 Å². The summed E-state index contributed by atoms with van der Waals surface area (Å²) in [4.78, 5) is 1.39. The zero-order chi connectivity index (χ0) is 10.7. The molecule has 0 bridgehead atoms. The molecule has 3 heteroatoms. The Bertz CT molecular complexity index is 450. The molecule has 0 aliphatic heterocycles. The summed E-state index contributed by atoms with van der Waals surface area (Å²) in [6, 6.07) is 8.38. The maximum atomic E-state index is 5.51. The van der Waals surface area contributed by atoms with Gasteiger partial charge in [0, 0.05) is 15.0 Å². The van der Waals surface area contributed by atoms with Crippen LogP contribution in [0.3, 0.4) is 0 Å². The number of rotatable bonds is 4. The van der Waals surface area contributed by atoms with Crippen molar-refractivity contribution >= 4 is 21.4 Å². The number of fused-ring (bicyclic) bond motifs is 1. The topological polar surface area (TPSA) is 35.2 Å². The number of hydrogen-bond acceptors (Lipinski definition) is 3. The average Bonchev–Trinajstić information content (AvgIpc) is 2.68. The first-order valence-electron chi connectivity index (χ1n) is 5.10. The van der Waals surface area contributed by atoms with Crippen LogP contribution in [0.15, 0.2) is 24.3 Å². The number of ether oxygens (including phenoxy) is 1. The molecule has 0 atom stereocenters. The minimum absolute atomic E-state index is 0.755. The van der Waals surface area contributed by atoms with Crippen molar-refractivity contribution in [3.63, 3.8) is 0 Å². The Hall–Kier alpha value is -1.06. The predicted octanol–water partition coefficient (Wildman–Crippen LogP) is 2.80. The van der Waals surface area contributed by atoms with E-state index in [-0.39, 0.29) is 0 Å². The molecule has 2 nitrogen and oxygen atoms in total. The molecule has 80 valence electrons. The summed E-state index contributed by atoms with van der Waals surface area (Å²) in [6.45, 7) is 0.755. The molecule has 15 heavy (non-hydrogen) atoms. The van der Waals surface area contributed by atoms with Crippen LogP contribution in [0, 0.1) is 0 Å². The lowest BCUT2D eigenvalue weighted by Crippen LogP contribution is -1.99. The van der Waals surface area contributed by atoms with E-state index in [9.17, 15) is 0 Å². The van der Waals surface area contributed by atoms with Gasteiger partial charge < -0.3 is 10.5 Å². The summed E-state index contributed by atoms with van der Waals surface area (Å²) in [5, 5.41) is 1.22. The highest BCUT2D eigenvalue weighted by molar-refractivity contribution is 7.19. The van der Waals surface area contributed by atoms with Crippen molar-refractivity contribution in [3.8, 4) is 5.75 Å². The highest BCUT2D eigenvalue weighted by atomic mass is 32.1. The third-order valence-electron chi connectivity index (χ3n) is 2.42. The fourth-order valence-electron chi connectivity index (χ4n) is 1.66. The molecule has 0 unspecified atom stereocenters. The maximum Gasteiger partial charge on any atom is 0.127 e. The molecule has 0 aliphatic carbocycles. The SMILES string of the molecule is COc1cccc2sc(CCCN)cc12. The van der Waals surface area contributed by atoms with Gasteiger partial charge in [0.05, 0.1) is 7.11 Å². The normalized spacial score (nSPS) is 10.8. The molecule has 0 radical (unpaired) electrons. The molecule has 2 N–H and O–H groups in total. The number of hydrogen-bond donors (Lipinski definition) is 1. The van der Waals surface area contributed by atoms with Gasteiger partial charge in [-0.25, -0.2) is 0 Å². The quantitative estimate of drug-likeness (QED) is 0.861. The monoisotopic (exact) mass is 221 g/mol. The van der Waals surface area contributed by atoms with E-state index in [0.29, 0.717) is 0 Å². The van der Waals surface area contributed by atoms with Crippen molar-refractivity contribution in [2.24, 2.45) is 5.73 Å². The number of nitrogens with two attached hydrogens (primary N) is 1. The molecule has 1 aromatic heterocycles. The van der Waals surface area contributed by atoms with Crippen molar-refractivity contribution in [1.82, 2.24) is 0 Å². The zero-order valence-corrected chi connectivity index (χ0v) is 9.64. The highest BCUT2D eigenvalue weighted by Crippen LogP contribution is 2.32. The van der Waals surface area contributed by atoms with Crippen LogP contribution in [-0.2, 0) is 6.42 Å². The Morgan fingerprint density at radius 1 is 1.40 bits per heavy atom. The lowest BCUT2D eigenvalue weighted by Gasteiger charge is -1.99. The van der Waals surface area contributed by atoms with Crippen molar-refractivity contribution in [2.45, 2.75) is 12.8 Å². The molecule has 0 saturated carbocycles. The van der Waals surface area contributed by atoms with Crippen LogP contribution in [-0.4, -0.2) is 13.7 Å². The number of methoxy groups -OCH3 is 1. The van der Waals surface area contributed by atoms with E-state index in [1.807, 2.05) is 23.5 Å². The largest absolute Gasteiger partial charge is 0.496 e. The number of benzene rings is 1. The minimum Gasteiger partial charge on any atom is -0.496 e. The fourth-order valence-corrected chi connectivity index (χ4v) is 2.79. The van der Waals surface area contributed by atoms with E-state index in [0.717, 1.165) is 25.1 Å². The zero-order valence-electron chi connectivity index (χ0n) is 8.82. The Balaban J connectivity index is 2.37. The maximum absolute atomic E-state index is 5.51. The second-order valence-corrected chi connectivity index (χ2v) is 4.65. The van der Waals surface area contributed by atoms with Crippen LogP contribution in [0.5, 0.6) is 5.75 Å². The molecule has 0 amide bonds. The third-order valence-corrected chi connectivity index (χ3v) is 3.58. The minimum atomic E-state index is 0.755. The molecule has 1 aromatic carbocycles.